The van der Waals surface area contributed by atoms with Gasteiger partial charge in [-0.1, -0.05) is 18.7 Å². The van der Waals surface area contributed by atoms with Crippen molar-refractivity contribution in [3.05, 3.63) is 0 Å². The van der Waals surface area contributed by atoms with Crippen molar-refractivity contribution in [3.8, 4) is 0 Å². The summed E-state index contributed by atoms with van der Waals surface area (Å²) in [6.07, 6.45) is 1.08. The number of rotatable bonds is 1. The van der Waals surface area contributed by atoms with Gasteiger partial charge in [0.25, 0.3) is 0 Å². The van der Waals surface area contributed by atoms with E-state index in [0.717, 1.165) is 6.29 Å². The third-order valence-electron chi connectivity index (χ3n) is 4.61. The van der Waals surface area contributed by atoms with Crippen LogP contribution in [0.25, 0.3) is 0 Å². The molecule has 8 unspecified atom stereocenters. The molecule has 0 N–H and O–H groups in total. The molecule has 4 fully saturated rings. The van der Waals surface area contributed by atoms with Crippen LogP contribution in [0.3, 0.4) is 0 Å². The summed E-state index contributed by atoms with van der Waals surface area (Å²) in [5.74, 6) is 1.70. The van der Waals surface area contributed by atoms with Gasteiger partial charge in [0.2, 0.25) is 0 Å². The molecule has 0 spiro atoms. The van der Waals surface area contributed by atoms with Crippen LogP contribution in [0, 0.1) is 29.6 Å². The quantitative estimate of drug-likeness (QED) is 0.683. The van der Waals surface area contributed by atoms with Crippen LogP contribution in [0.4, 0.5) is 0 Å². The standard InChI is InChI=1S/C11H12O2S3/c1-3-5-4(2-12)6-8-7(5)10(14-3)16-11(8)15-9(6)13/h2-8,10-11H,1H3. The monoisotopic (exact) mass is 272 g/mol. The van der Waals surface area contributed by atoms with E-state index in [1.807, 2.05) is 23.5 Å². The van der Waals surface area contributed by atoms with Crippen molar-refractivity contribution in [3.63, 3.8) is 0 Å². The van der Waals surface area contributed by atoms with Crippen LogP contribution in [0.2, 0.25) is 0 Å². The predicted octanol–water partition coefficient (Wildman–Crippen LogP) is 2.09. The Morgan fingerprint density at radius 2 is 1.94 bits per heavy atom. The highest BCUT2D eigenvalue weighted by Gasteiger charge is 2.69. The van der Waals surface area contributed by atoms with Crippen molar-refractivity contribution < 1.29 is 9.59 Å². The number of carbonyl (C=O) groups excluding carboxylic acids is 2. The molecule has 16 heavy (non-hydrogen) atoms. The summed E-state index contributed by atoms with van der Waals surface area (Å²) in [6, 6.07) is 0. The molecule has 4 aliphatic rings. The van der Waals surface area contributed by atoms with E-state index in [1.54, 1.807) is 0 Å². The highest BCUT2D eigenvalue weighted by atomic mass is 32.2. The highest BCUT2D eigenvalue weighted by molar-refractivity contribution is 8.29. The van der Waals surface area contributed by atoms with Gasteiger partial charge >= 0.3 is 0 Å². The first kappa shape index (κ1) is 10.3. The molecule has 5 heteroatoms. The lowest BCUT2D eigenvalue weighted by Gasteiger charge is -2.19. The number of carbonyl (C=O) groups is 2. The number of aldehydes is 1. The van der Waals surface area contributed by atoms with Gasteiger partial charge in [-0.05, 0) is 17.8 Å². The fraction of sp³-hybridized carbons (Fsp3) is 0.818. The van der Waals surface area contributed by atoms with E-state index in [2.05, 4.69) is 6.92 Å². The van der Waals surface area contributed by atoms with E-state index in [9.17, 15) is 9.59 Å². The minimum absolute atomic E-state index is 0.0217. The van der Waals surface area contributed by atoms with E-state index in [1.165, 1.54) is 11.8 Å². The SMILES string of the molecule is CC1SC2SC3SC(=O)C4C(C=O)C1C2C34. The van der Waals surface area contributed by atoms with Gasteiger partial charge < -0.3 is 4.79 Å². The molecule has 86 valence electrons. The maximum atomic E-state index is 12.0. The summed E-state index contributed by atoms with van der Waals surface area (Å²) >= 11 is 5.54. The second kappa shape index (κ2) is 3.23. The topological polar surface area (TPSA) is 34.1 Å². The van der Waals surface area contributed by atoms with Gasteiger partial charge in [-0.3, -0.25) is 4.79 Å². The fourth-order valence-electron chi connectivity index (χ4n) is 4.12. The lowest BCUT2D eigenvalue weighted by molar-refractivity contribution is -0.121. The van der Waals surface area contributed by atoms with Gasteiger partial charge in [0.15, 0.2) is 5.12 Å². The van der Waals surface area contributed by atoms with Crippen molar-refractivity contribution in [1.82, 2.24) is 0 Å². The number of hydrogen-bond acceptors (Lipinski definition) is 5. The van der Waals surface area contributed by atoms with Crippen molar-refractivity contribution in [2.24, 2.45) is 29.6 Å². The zero-order valence-electron chi connectivity index (χ0n) is 8.74. The minimum atomic E-state index is 0.0217. The van der Waals surface area contributed by atoms with Gasteiger partial charge in [0.05, 0.1) is 9.16 Å². The van der Waals surface area contributed by atoms with E-state index in [4.69, 9.17) is 0 Å². The summed E-state index contributed by atoms with van der Waals surface area (Å²) in [6.45, 7) is 2.23. The Kier molecular flexibility index (Phi) is 2.09. The van der Waals surface area contributed by atoms with Crippen molar-refractivity contribution >= 4 is 46.7 Å². The summed E-state index contributed by atoms with van der Waals surface area (Å²) in [5.41, 5.74) is 0. The zero-order chi connectivity index (χ0) is 11.0. The van der Waals surface area contributed by atoms with Gasteiger partial charge in [-0.2, -0.15) is 0 Å². The number of thioether (sulfide) groups is 3. The van der Waals surface area contributed by atoms with Crippen molar-refractivity contribution in [2.75, 3.05) is 0 Å². The largest absolute Gasteiger partial charge is 0.303 e. The first-order chi connectivity index (χ1) is 7.72. The van der Waals surface area contributed by atoms with Crippen LogP contribution in [0.15, 0.2) is 0 Å². The van der Waals surface area contributed by atoms with Gasteiger partial charge in [0, 0.05) is 17.1 Å². The second-order valence-electron chi connectivity index (χ2n) is 5.12. The molecular weight excluding hydrogens is 260 g/mol. The van der Waals surface area contributed by atoms with Crippen LogP contribution in [0.1, 0.15) is 6.92 Å². The average Bonchev–Trinajstić information content (AvgIpc) is 2.88. The van der Waals surface area contributed by atoms with Crippen LogP contribution >= 0.6 is 35.3 Å². The second-order valence-corrected chi connectivity index (χ2v) is 9.68. The van der Waals surface area contributed by atoms with Crippen LogP contribution in [0.5, 0.6) is 0 Å². The first-order valence-corrected chi connectivity index (χ1v) is 8.45. The smallest absolute Gasteiger partial charge is 0.194 e. The minimum Gasteiger partial charge on any atom is -0.303 e. The van der Waals surface area contributed by atoms with Crippen molar-refractivity contribution in [2.45, 2.75) is 21.3 Å². The Hall–Kier alpha value is 0.390. The summed E-state index contributed by atoms with van der Waals surface area (Å²) in [4.78, 5) is 23.3. The summed E-state index contributed by atoms with van der Waals surface area (Å²) < 4.78 is 1.11. The molecule has 3 aliphatic heterocycles. The molecule has 3 heterocycles. The molecular formula is C11H12O2S3. The Morgan fingerprint density at radius 3 is 2.69 bits per heavy atom. The maximum Gasteiger partial charge on any atom is 0.194 e. The average molecular weight is 272 g/mol. The third-order valence-corrected chi connectivity index (χ3v) is 9.44. The first-order valence-electron chi connectivity index (χ1n) is 5.69. The van der Waals surface area contributed by atoms with Gasteiger partial charge in [-0.15, -0.1) is 23.5 Å². The molecule has 0 radical (unpaired) electrons. The van der Waals surface area contributed by atoms with Crippen LogP contribution < -0.4 is 0 Å². The summed E-state index contributed by atoms with van der Waals surface area (Å²) in [5, 5.41) is 0.853. The van der Waals surface area contributed by atoms with E-state index >= 15 is 0 Å². The third kappa shape index (κ3) is 1.02. The molecule has 4 rings (SSSR count). The van der Waals surface area contributed by atoms with Crippen LogP contribution in [-0.4, -0.2) is 25.8 Å². The van der Waals surface area contributed by atoms with Gasteiger partial charge in [-0.25, -0.2) is 0 Å². The molecule has 0 bridgehead atoms. The molecule has 0 amide bonds. The molecule has 1 saturated carbocycles. The zero-order valence-corrected chi connectivity index (χ0v) is 11.2. The van der Waals surface area contributed by atoms with E-state index in [0.29, 0.717) is 37.3 Å². The van der Waals surface area contributed by atoms with E-state index < -0.39 is 0 Å². The highest BCUT2D eigenvalue weighted by Crippen LogP contribution is 2.73. The van der Waals surface area contributed by atoms with E-state index in [-0.39, 0.29) is 11.8 Å². The lowest BCUT2D eigenvalue weighted by Crippen LogP contribution is -2.25. The predicted molar refractivity (Wildman–Crippen MR) is 68.3 cm³/mol. The number of hydrogen-bond donors (Lipinski definition) is 0. The van der Waals surface area contributed by atoms with Crippen LogP contribution in [-0.2, 0) is 9.59 Å². The molecule has 0 aromatic rings. The lowest BCUT2D eigenvalue weighted by atomic mass is 9.87. The Labute approximate surface area is 107 Å². The van der Waals surface area contributed by atoms with Gasteiger partial charge in [0.1, 0.15) is 6.29 Å². The normalized spacial score (nSPS) is 61.7. The molecule has 3 saturated heterocycles. The molecule has 2 nitrogen and oxygen atoms in total. The summed E-state index contributed by atoms with van der Waals surface area (Å²) in [7, 11) is 0. The molecule has 0 aromatic carbocycles. The Balaban J connectivity index is 1.83. The fourth-order valence-corrected chi connectivity index (χ4v) is 10.4. The maximum absolute atomic E-state index is 12.0. The Bertz CT molecular complexity index is 383. The molecule has 1 aliphatic carbocycles. The molecule has 8 atom stereocenters. The Morgan fingerprint density at radius 1 is 1.12 bits per heavy atom. The molecule has 0 aromatic heterocycles. The van der Waals surface area contributed by atoms with Crippen molar-refractivity contribution in [1.29, 1.82) is 0 Å².